The number of urea groups is 1. The summed E-state index contributed by atoms with van der Waals surface area (Å²) in [5.74, 6) is 0. The first-order chi connectivity index (χ1) is 6.59. The van der Waals surface area contributed by atoms with Gasteiger partial charge in [0.1, 0.15) is 0 Å². The van der Waals surface area contributed by atoms with Crippen molar-refractivity contribution in [3.63, 3.8) is 0 Å². The number of benzene rings is 1. The van der Waals surface area contributed by atoms with Gasteiger partial charge in [-0.3, -0.25) is 0 Å². The molecule has 0 atom stereocenters. The molecule has 2 N–H and O–H groups in total. The molecule has 1 aromatic carbocycles. The van der Waals surface area contributed by atoms with Crippen molar-refractivity contribution in [2.45, 2.75) is 26.8 Å². The van der Waals surface area contributed by atoms with Crippen LogP contribution in [0.1, 0.15) is 19.4 Å². The highest BCUT2D eigenvalue weighted by Crippen LogP contribution is 2.12. The number of rotatable bonds is 2. The van der Waals surface area contributed by atoms with Crippen molar-refractivity contribution in [3.8, 4) is 0 Å². The van der Waals surface area contributed by atoms with Gasteiger partial charge in [0.05, 0.1) is 0 Å². The van der Waals surface area contributed by atoms with Crippen molar-refractivity contribution in [3.05, 3.63) is 29.8 Å². The molecule has 1 rings (SSSR count). The van der Waals surface area contributed by atoms with E-state index in [1.807, 2.05) is 45.0 Å². The van der Waals surface area contributed by atoms with Crippen LogP contribution in [0.3, 0.4) is 0 Å². The monoisotopic (exact) mass is 192 g/mol. The molecule has 0 aliphatic carbocycles. The fourth-order valence-corrected chi connectivity index (χ4v) is 1.13. The average molecular weight is 192 g/mol. The topological polar surface area (TPSA) is 41.1 Å². The predicted octanol–water partition coefficient (Wildman–Crippen LogP) is 2.52. The van der Waals surface area contributed by atoms with E-state index in [1.165, 1.54) is 0 Å². The zero-order valence-electron chi connectivity index (χ0n) is 8.79. The highest BCUT2D eigenvalue weighted by Gasteiger charge is 2.03. The number of hydrogen-bond donors (Lipinski definition) is 2. The van der Waals surface area contributed by atoms with Crippen LogP contribution in [0.4, 0.5) is 10.5 Å². The fraction of sp³-hybridized carbons (Fsp3) is 0.364. The van der Waals surface area contributed by atoms with E-state index in [0.717, 1.165) is 11.3 Å². The Balaban J connectivity index is 2.61. The third-order valence-corrected chi connectivity index (χ3v) is 1.81. The Bertz CT molecular complexity index is 321. The Kier molecular flexibility index (Phi) is 3.51. The molecule has 0 aliphatic rings. The fourth-order valence-electron chi connectivity index (χ4n) is 1.13. The number of anilines is 1. The number of hydrogen-bond acceptors (Lipinski definition) is 1. The van der Waals surface area contributed by atoms with Gasteiger partial charge in [-0.25, -0.2) is 4.79 Å². The molecule has 3 nitrogen and oxygen atoms in total. The maximum atomic E-state index is 11.4. The smallest absolute Gasteiger partial charge is 0.319 e. The molecule has 0 unspecified atom stereocenters. The Morgan fingerprint density at radius 3 is 2.50 bits per heavy atom. The zero-order chi connectivity index (χ0) is 10.6. The Labute approximate surface area is 84.5 Å². The van der Waals surface area contributed by atoms with E-state index in [0.29, 0.717) is 0 Å². The minimum Gasteiger partial charge on any atom is -0.336 e. The third-order valence-electron chi connectivity index (χ3n) is 1.81. The van der Waals surface area contributed by atoms with Gasteiger partial charge >= 0.3 is 6.03 Å². The minimum absolute atomic E-state index is 0.152. The lowest BCUT2D eigenvalue weighted by Gasteiger charge is -2.11. The van der Waals surface area contributed by atoms with Crippen molar-refractivity contribution in [1.29, 1.82) is 0 Å². The van der Waals surface area contributed by atoms with E-state index in [-0.39, 0.29) is 12.1 Å². The molecule has 0 heterocycles. The molecule has 0 saturated carbocycles. The van der Waals surface area contributed by atoms with Crippen LogP contribution in [0.25, 0.3) is 0 Å². The van der Waals surface area contributed by atoms with Crippen molar-refractivity contribution >= 4 is 11.7 Å². The summed E-state index contributed by atoms with van der Waals surface area (Å²) in [5.41, 5.74) is 1.91. The number of nitrogens with one attached hydrogen (secondary N) is 2. The number of carbonyl (C=O) groups is 1. The Hall–Kier alpha value is -1.51. The molecule has 0 fully saturated rings. The van der Waals surface area contributed by atoms with Crippen LogP contribution in [0.15, 0.2) is 24.3 Å². The highest BCUT2D eigenvalue weighted by molar-refractivity contribution is 5.90. The van der Waals surface area contributed by atoms with Gasteiger partial charge in [0, 0.05) is 11.7 Å². The lowest BCUT2D eigenvalue weighted by atomic mass is 10.2. The van der Waals surface area contributed by atoms with Gasteiger partial charge in [0.15, 0.2) is 0 Å². The molecule has 2 amide bonds. The van der Waals surface area contributed by atoms with Crippen LogP contribution in [0.2, 0.25) is 0 Å². The van der Waals surface area contributed by atoms with Gasteiger partial charge in [0.2, 0.25) is 0 Å². The lowest BCUT2D eigenvalue weighted by Crippen LogP contribution is -2.34. The van der Waals surface area contributed by atoms with Gasteiger partial charge in [0.25, 0.3) is 0 Å². The average Bonchev–Trinajstić information content (AvgIpc) is 2.07. The number of amides is 2. The van der Waals surface area contributed by atoms with E-state index in [9.17, 15) is 4.79 Å². The third kappa shape index (κ3) is 3.09. The van der Waals surface area contributed by atoms with Crippen LogP contribution in [0, 0.1) is 6.92 Å². The van der Waals surface area contributed by atoms with Gasteiger partial charge < -0.3 is 10.6 Å². The molecule has 0 bridgehead atoms. The molecular formula is C11H16N2O. The summed E-state index contributed by atoms with van der Waals surface area (Å²) in [6.07, 6.45) is 0. The minimum atomic E-state index is -0.158. The van der Waals surface area contributed by atoms with Crippen LogP contribution in [0.5, 0.6) is 0 Å². The summed E-state index contributed by atoms with van der Waals surface area (Å²) >= 11 is 0. The molecule has 0 aromatic heterocycles. The zero-order valence-corrected chi connectivity index (χ0v) is 8.79. The molecule has 14 heavy (non-hydrogen) atoms. The first kappa shape index (κ1) is 10.6. The summed E-state index contributed by atoms with van der Waals surface area (Å²) in [5, 5.41) is 5.56. The summed E-state index contributed by atoms with van der Waals surface area (Å²) in [4.78, 5) is 11.4. The van der Waals surface area contributed by atoms with Crippen molar-refractivity contribution in [1.82, 2.24) is 5.32 Å². The molecule has 0 radical (unpaired) electrons. The standard InChI is InChI=1S/C11H16N2O/c1-8(2)12-11(14)13-10-7-5-4-6-9(10)3/h4-8H,1-3H3,(H2,12,13,14). The Morgan fingerprint density at radius 1 is 1.29 bits per heavy atom. The van der Waals surface area contributed by atoms with Gasteiger partial charge in [-0.2, -0.15) is 0 Å². The maximum Gasteiger partial charge on any atom is 0.319 e. The van der Waals surface area contributed by atoms with Crippen LogP contribution in [-0.4, -0.2) is 12.1 Å². The number of carbonyl (C=O) groups excluding carboxylic acids is 1. The molecule has 0 saturated heterocycles. The maximum absolute atomic E-state index is 11.4. The van der Waals surface area contributed by atoms with Crippen LogP contribution in [-0.2, 0) is 0 Å². The van der Waals surface area contributed by atoms with E-state index >= 15 is 0 Å². The first-order valence-electron chi connectivity index (χ1n) is 4.72. The molecule has 76 valence electrons. The molecular weight excluding hydrogens is 176 g/mol. The van der Waals surface area contributed by atoms with E-state index < -0.39 is 0 Å². The van der Waals surface area contributed by atoms with Crippen molar-refractivity contribution in [2.24, 2.45) is 0 Å². The van der Waals surface area contributed by atoms with Crippen LogP contribution >= 0.6 is 0 Å². The SMILES string of the molecule is Cc1ccccc1NC(=O)NC(C)C. The highest BCUT2D eigenvalue weighted by atomic mass is 16.2. The predicted molar refractivity (Wildman–Crippen MR) is 58.5 cm³/mol. The Morgan fingerprint density at radius 2 is 1.93 bits per heavy atom. The largest absolute Gasteiger partial charge is 0.336 e. The lowest BCUT2D eigenvalue weighted by molar-refractivity contribution is 0.250. The second-order valence-electron chi connectivity index (χ2n) is 3.57. The van der Waals surface area contributed by atoms with Gasteiger partial charge in [-0.15, -0.1) is 0 Å². The van der Waals surface area contributed by atoms with E-state index in [1.54, 1.807) is 0 Å². The van der Waals surface area contributed by atoms with E-state index in [2.05, 4.69) is 10.6 Å². The van der Waals surface area contributed by atoms with Crippen molar-refractivity contribution < 1.29 is 4.79 Å². The van der Waals surface area contributed by atoms with Gasteiger partial charge in [-0.05, 0) is 32.4 Å². The number of para-hydroxylation sites is 1. The summed E-state index contributed by atoms with van der Waals surface area (Å²) in [7, 11) is 0. The summed E-state index contributed by atoms with van der Waals surface area (Å²) in [6.45, 7) is 5.82. The normalized spacial score (nSPS) is 10.0. The number of aryl methyl sites for hydroxylation is 1. The molecule has 0 spiro atoms. The summed E-state index contributed by atoms with van der Waals surface area (Å²) < 4.78 is 0. The molecule has 3 heteroatoms. The van der Waals surface area contributed by atoms with Gasteiger partial charge in [-0.1, -0.05) is 18.2 Å². The van der Waals surface area contributed by atoms with E-state index in [4.69, 9.17) is 0 Å². The molecule has 0 aliphatic heterocycles. The van der Waals surface area contributed by atoms with Crippen LogP contribution < -0.4 is 10.6 Å². The quantitative estimate of drug-likeness (QED) is 0.742. The van der Waals surface area contributed by atoms with Crippen molar-refractivity contribution in [2.75, 3.05) is 5.32 Å². The summed E-state index contributed by atoms with van der Waals surface area (Å²) in [6, 6.07) is 7.69. The second-order valence-corrected chi connectivity index (χ2v) is 3.57. The second kappa shape index (κ2) is 4.65. The first-order valence-corrected chi connectivity index (χ1v) is 4.72. The molecule has 1 aromatic rings.